The molecule has 4 rings (SSSR count). The molecule has 0 radical (unpaired) electrons. The van der Waals surface area contributed by atoms with Crippen LogP contribution in [0.1, 0.15) is 17.0 Å². The molecule has 0 atom stereocenters. The van der Waals surface area contributed by atoms with Crippen molar-refractivity contribution in [3.05, 3.63) is 68.2 Å². The lowest BCUT2D eigenvalue weighted by molar-refractivity contribution is 0.354. The van der Waals surface area contributed by atoms with Crippen LogP contribution >= 0.6 is 11.3 Å². The highest BCUT2D eigenvalue weighted by Gasteiger charge is 2.12. The molecule has 0 aliphatic rings. The number of thiazole rings is 1. The summed E-state index contributed by atoms with van der Waals surface area (Å²) in [5.74, 6) is 2.87. The van der Waals surface area contributed by atoms with Crippen molar-refractivity contribution in [2.45, 2.75) is 0 Å². The fourth-order valence-electron chi connectivity index (χ4n) is 3.21. The lowest BCUT2D eigenvalue weighted by Gasteiger charge is -2.09. The number of nitrogens with zero attached hydrogens (tertiary/aromatic N) is 3. The molecule has 2 aromatic carbocycles. The third-order valence-electron chi connectivity index (χ3n) is 4.75. The summed E-state index contributed by atoms with van der Waals surface area (Å²) in [5.41, 5.74) is 1.39. The van der Waals surface area contributed by atoms with Gasteiger partial charge >= 0.3 is 0 Å². The molecule has 0 unspecified atom stereocenters. The highest BCUT2D eigenvalue weighted by molar-refractivity contribution is 7.15. The zero-order valence-electron chi connectivity index (χ0n) is 18.0. The van der Waals surface area contributed by atoms with Crippen LogP contribution in [0, 0.1) is 0 Å². The predicted octanol–water partition coefficient (Wildman–Crippen LogP) is 2.90. The zero-order chi connectivity index (χ0) is 22.7. The Bertz CT molecular complexity index is 1410. The summed E-state index contributed by atoms with van der Waals surface area (Å²) in [6.07, 6.45) is 5.35. The first-order valence-corrected chi connectivity index (χ1v) is 10.4. The van der Waals surface area contributed by atoms with Gasteiger partial charge in [-0.15, -0.1) is 5.10 Å². The van der Waals surface area contributed by atoms with Gasteiger partial charge < -0.3 is 18.9 Å². The molecule has 8 nitrogen and oxygen atoms in total. The number of rotatable bonds is 7. The highest BCUT2D eigenvalue weighted by atomic mass is 32.1. The Labute approximate surface area is 188 Å². The van der Waals surface area contributed by atoms with Gasteiger partial charge in [-0.1, -0.05) is 35.6 Å². The maximum absolute atomic E-state index is 12.8. The second-order valence-corrected chi connectivity index (χ2v) is 7.62. The fourth-order valence-corrected chi connectivity index (χ4v) is 4.12. The normalized spacial score (nSPS) is 11.9. The van der Waals surface area contributed by atoms with Crippen molar-refractivity contribution in [1.82, 2.24) is 14.6 Å². The minimum absolute atomic E-state index is 0.242. The van der Waals surface area contributed by atoms with Gasteiger partial charge in [-0.25, -0.2) is 0 Å². The average molecular weight is 452 g/mol. The molecule has 0 saturated heterocycles. The van der Waals surface area contributed by atoms with Gasteiger partial charge in [0.15, 0.2) is 28.8 Å². The third kappa shape index (κ3) is 4.02. The maximum Gasteiger partial charge on any atom is 0.291 e. The van der Waals surface area contributed by atoms with E-state index in [1.54, 1.807) is 46.7 Å². The molecule has 9 heteroatoms. The number of aromatic nitrogens is 3. The lowest BCUT2D eigenvalue weighted by atomic mass is 10.2. The van der Waals surface area contributed by atoms with Crippen molar-refractivity contribution in [2.24, 2.45) is 0 Å². The van der Waals surface area contributed by atoms with E-state index in [-0.39, 0.29) is 5.56 Å². The van der Waals surface area contributed by atoms with Gasteiger partial charge in [0.05, 0.1) is 33.0 Å². The van der Waals surface area contributed by atoms with Crippen molar-refractivity contribution in [3.8, 4) is 23.0 Å². The van der Waals surface area contributed by atoms with Crippen LogP contribution in [-0.2, 0) is 0 Å². The number of ether oxygens (including phenoxy) is 4. The number of fused-ring (bicyclic) bond motifs is 1. The Kier molecular flexibility index (Phi) is 6.09. The molecule has 0 bridgehead atoms. The highest BCUT2D eigenvalue weighted by Crippen LogP contribution is 2.31. The molecule has 164 valence electrons. The van der Waals surface area contributed by atoms with E-state index < -0.39 is 0 Å². The first-order valence-electron chi connectivity index (χ1n) is 9.60. The number of hydrogen-bond donors (Lipinski definition) is 0. The van der Waals surface area contributed by atoms with Crippen molar-refractivity contribution in [3.63, 3.8) is 0 Å². The van der Waals surface area contributed by atoms with E-state index >= 15 is 0 Å². The minimum Gasteiger partial charge on any atom is -0.493 e. The molecular formula is C23H21N3O5S. The van der Waals surface area contributed by atoms with Crippen molar-refractivity contribution in [1.29, 1.82) is 0 Å². The minimum atomic E-state index is -0.242. The molecule has 4 aromatic rings. The van der Waals surface area contributed by atoms with Crippen LogP contribution in [0.5, 0.6) is 23.0 Å². The largest absolute Gasteiger partial charge is 0.493 e. The van der Waals surface area contributed by atoms with E-state index in [0.717, 1.165) is 11.1 Å². The van der Waals surface area contributed by atoms with Crippen LogP contribution in [0.2, 0.25) is 0 Å². The number of para-hydroxylation sites is 1. The molecule has 0 saturated carbocycles. The second-order valence-electron chi connectivity index (χ2n) is 6.61. The fraction of sp³-hybridized carbons (Fsp3) is 0.174. The number of methoxy groups -OCH3 is 4. The quantitative estimate of drug-likeness (QED) is 0.427. The number of hydrogen-bond acceptors (Lipinski definition) is 8. The van der Waals surface area contributed by atoms with Gasteiger partial charge in [0, 0.05) is 5.56 Å². The van der Waals surface area contributed by atoms with Gasteiger partial charge in [0.25, 0.3) is 5.56 Å². The van der Waals surface area contributed by atoms with Crippen LogP contribution < -0.4 is 29.0 Å². The van der Waals surface area contributed by atoms with E-state index in [9.17, 15) is 4.79 Å². The molecule has 2 heterocycles. The van der Waals surface area contributed by atoms with Gasteiger partial charge in [-0.05, 0) is 35.9 Å². The molecule has 0 fully saturated rings. The SMILES string of the molecule is COc1ccc(/C=C\c2nc3sc(=Cc4cccc(OC)c4OC)c(=O)n3n2)cc1OC. The van der Waals surface area contributed by atoms with Crippen LogP contribution in [0.25, 0.3) is 23.2 Å². The molecule has 0 N–H and O–H groups in total. The maximum atomic E-state index is 12.8. The van der Waals surface area contributed by atoms with Crippen LogP contribution in [0.3, 0.4) is 0 Å². The molecule has 32 heavy (non-hydrogen) atoms. The van der Waals surface area contributed by atoms with Gasteiger partial charge in [-0.3, -0.25) is 4.79 Å². The Morgan fingerprint density at radius 3 is 2.38 bits per heavy atom. The molecule has 0 aliphatic heterocycles. The monoisotopic (exact) mass is 451 g/mol. The van der Waals surface area contributed by atoms with E-state index in [4.69, 9.17) is 18.9 Å². The Morgan fingerprint density at radius 2 is 1.69 bits per heavy atom. The van der Waals surface area contributed by atoms with Gasteiger partial charge in [0.2, 0.25) is 4.96 Å². The Hall–Kier alpha value is -3.85. The van der Waals surface area contributed by atoms with E-state index in [2.05, 4.69) is 10.1 Å². The first-order chi connectivity index (χ1) is 15.6. The predicted molar refractivity (Wildman–Crippen MR) is 124 cm³/mol. The number of benzene rings is 2. The topological polar surface area (TPSA) is 84.2 Å². The summed E-state index contributed by atoms with van der Waals surface area (Å²) < 4.78 is 23.1. The summed E-state index contributed by atoms with van der Waals surface area (Å²) in [7, 11) is 6.31. The van der Waals surface area contributed by atoms with E-state index in [1.165, 1.54) is 15.9 Å². The van der Waals surface area contributed by atoms with Gasteiger partial charge in [-0.2, -0.15) is 9.50 Å². The van der Waals surface area contributed by atoms with Crippen molar-refractivity contribution >= 4 is 34.5 Å². The van der Waals surface area contributed by atoms with E-state index in [0.29, 0.717) is 38.3 Å². The standard InChI is InChI=1S/C23H21N3O5S/c1-28-16-10-8-14(12-18(16)30-3)9-11-20-24-23-26(25-20)22(27)19(32-23)13-15-6-5-7-17(29-2)21(15)31-4/h5-13H,1-4H3/b11-9-,19-13?. The molecule has 0 aliphatic carbocycles. The summed E-state index contributed by atoms with van der Waals surface area (Å²) in [6, 6.07) is 11.1. The summed E-state index contributed by atoms with van der Waals surface area (Å²) >= 11 is 1.26. The van der Waals surface area contributed by atoms with Crippen LogP contribution in [0.4, 0.5) is 0 Å². The second kappa shape index (κ2) is 9.11. The summed E-state index contributed by atoms with van der Waals surface area (Å²) in [5, 5.41) is 4.33. The Balaban J connectivity index is 1.66. The smallest absolute Gasteiger partial charge is 0.291 e. The summed E-state index contributed by atoms with van der Waals surface area (Å²) in [4.78, 5) is 17.8. The average Bonchev–Trinajstić information content (AvgIpc) is 3.35. The van der Waals surface area contributed by atoms with E-state index in [1.807, 2.05) is 36.4 Å². The van der Waals surface area contributed by atoms with Crippen molar-refractivity contribution in [2.75, 3.05) is 28.4 Å². The lowest BCUT2D eigenvalue weighted by Crippen LogP contribution is -2.23. The summed E-state index contributed by atoms with van der Waals surface area (Å²) in [6.45, 7) is 0. The van der Waals surface area contributed by atoms with Crippen LogP contribution in [-0.4, -0.2) is 43.0 Å². The first kappa shape index (κ1) is 21.4. The van der Waals surface area contributed by atoms with Gasteiger partial charge in [0.1, 0.15) is 0 Å². The van der Waals surface area contributed by atoms with Crippen LogP contribution in [0.15, 0.2) is 41.2 Å². The molecular weight excluding hydrogens is 430 g/mol. The molecule has 0 spiro atoms. The molecule has 2 aromatic heterocycles. The zero-order valence-corrected chi connectivity index (χ0v) is 18.8. The third-order valence-corrected chi connectivity index (χ3v) is 5.71. The van der Waals surface area contributed by atoms with Crippen molar-refractivity contribution < 1.29 is 18.9 Å². The Morgan fingerprint density at radius 1 is 0.906 bits per heavy atom. The molecule has 0 amide bonds.